The van der Waals surface area contributed by atoms with Gasteiger partial charge in [-0.15, -0.1) is 0 Å². The molecule has 1 fully saturated rings. The van der Waals surface area contributed by atoms with E-state index in [0.717, 1.165) is 0 Å². The maximum Gasteiger partial charge on any atom is 0.410 e. The first-order valence-electron chi connectivity index (χ1n) is 5.85. The van der Waals surface area contributed by atoms with E-state index in [2.05, 4.69) is 11.4 Å². The zero-order chi connectivity index (χ0) is 14.0. The van der Waals surface area contributed by atoms with Gasteiger partial charge < -0.3 is 15.0 Å². The van der Waals surface area contributed by atoms with Crippen LogP contribution in [0.25, 0.3) is 0 Å². The van der Waals surface area contributed by atoms with Crippen molar-refractivity contribution < 1.29 is 14.3 Å². The molecule has 0 radical (unpaired) electrons. The number of carbonyl (C=O) groups is 2. The van der Waals surface area contributed by atoms with Crippen molar-refractivity contribution >= 4 is 12.0 Å². The highest BCUT2D eigenvalue weighted by Crippen LogP contribution is 2.22. The molecule has 0 bridgehead atoms. The van der Waals surface area contributed by atoms with E-state index in [1.165, 1.54) is 11.8 Å². The van der Waals surface area contributed by atoms with Crippen LogP contribution in [0.3, 0.4) is 0 Å². The first kappa shape index (κ1) is 14.3. The second kappa shape index (κ2) is 4.84. The van der Waals surface area contributed by atoms with E-state index >= 15 is 0 Å². The summed E-state index contributed by atoms with van der Waals surface area (Å²) in [5, 5.41) is 11.8. The van der Waals surface area contributed by atoms with Gasteiger partial charge in [0, 0.05) is 19.9 Å². The number of hydrogen-bond donors (Lipinski definition) is 1. The molecular formula is C12H19N3O3. The fourth-order valence-corrected chi connectivity index (χ4v) is 1.85. The molecule has 0 aromatic rings. The molecule has 2 amide bonds. The molecule has 6 nitrogen and oxygen atoms in total. The van der Waals surface area contributed by atoms with Crippen LogP contribution < -0.4 is 5.32 Å². The zero-order valence-corrected chi connectivity index (χ0v) is 11.2. The van der Waals surface area contributed by atoms with E-state index in [1.54, 1.807) is 20.8 Å². The van der Waals surface area contributed by atoms with Crippen LogP contribution in [0.4, 0.5) is 4.79 Å². The highest BCUT2D eigenvalue weighted by atomic mass is 16.6. The standard InChI is InChI=1S/C12H19N3O3/c1-9(16)14-12(7-13)5-6-15(8-12)10(17)18-11(2,3)4/h5-6,8H2,1-4H3,(H,14,16). The third-order valence-electron chi connectivity index (χ3n) is 2.55. The Hall–Kier alpha value is -1.77. The molecule has 1 aliphatic heterocycles. The fourth-order valence-electron chi connectivity index (χ4n) is 1.85. The summed E-state index contributed by atoms with van der Waals surface area (Å²) in [4.78, 5) is 24.4. The second-order valence-electron chi connectivity index (χ2n) is 5.53. The smallest absolute Gasteiger partial charge is 0.410 e. The van der Waals surface area contributed by atoms with Crippen LogP contribution in [-0.4, -0.2) is 41.1 Å². The predicted molar refractivity (Wildman–Crippen MR) is 64.6 cm³/mol. The largest absolute Gasteiger partial charge is 0.444 e. The van der Waals surface area contributed by atoms with Gasteiger partial charge in [-0.2, -0.15) is 5.26 Å². The van der Waals surface area contributed by atoms with Crippen LogP contribution in [0.1, 0.15) is 34.1 Å². The molecule has 0 aromatic carbocycles. The van der Waals surface area contributed by atoms with Gasteiger partial charge in [0.05, 0.1) is 12.6 Å². The summed E-state index contributed by atoms with van der Waals surface area (Å²) in [6, 6.07) is 2.08. The number of rotatable bonds is 1. The molecule has 1 rings (SSSR count). The van der Waals surface area contributed by atoms with Gasteiger partial charge in [-0.05, 0) is 20.8 Å². The molecule has 100 valence electrons. The molecule has 0 aromatic heterocycles. The first-order chi connectivity index (χ1) is 8.17. The summed E-state index contributed by atoms with van der Waals surface area (Å²) in [5.41, 5.74) is -1.55. The van der Waals surface area contributed by atoms with Gasteiger partial charge >= 0.3 is 6.09 Å². The van der Waals surface area contributed by atoms with Crippen molar-refractivity contribution in [3.8, 4) is 6.07 Å². The van der Waals surface area contributed by atoms with Crippen molar-refractivity contribution in [2.45, 2.75) is 45.3 Å². The number of amides is 2. The fraction of sp³-hybridized carbons (Fsp3) is 0.750. The number of ether oxygens (including phenoxy) is 1. The Labute approximate surface area is 107 Å². The van der Waals surface area contributed by atoms with Gasteiger partial charge in [0.1, 0.15) is 11.1 Å². The molecule has 0 saturated carbocycles. The Bertz CT molecular complexity index is 394. The SMILES string of the molecule is CC(=O)NC1(C#N)CCN(C(=O)OC(C)(C)C)C1. The molecule has 1 saturated heterocycles. The number of nitrogens with zero attached hydrogens (tertiary/aromatic N) is 2. The number of hydrogen-bond acceptors (Lipinski definition) is 4. The van der Waals surface area contributed by atoms with Crippen LogP contribution in [0.2, 0.25) is 0 Å². The normalized spacial score (nSPS) is 23.4. The lowest BCUT2D eigenvalue weighted by atomic mass is 10.0. The van der Waals surface area contributed by atoms with E-state index in [9.17, 15) is 9.59 Å². The first-order valence-corrected chi connectivity index (χ1v) is 5.85. The lowest BCUT2D eigenvalue weighted by Gasteiger charge is -2.26. The van der Waals surface area contributed by atoms with Gasteiger partial charge in [0.15, 0.2) is 0 Å². The molecular weight excluding hydrogens is 234 g/mol. The molecule has 1 N–H and O–H groups in total. The maximum absolute atomic E-state index is 11.8. The van der Waals surface area contributed by atoms with E-state index in [1.807, 2.05) is 0 Å². The number of nitrogens with one attached hydrogen (secondary N) is 1. The lowest BCUT2D eigenvalue weighted by Crippen LogP contribution is -2.49. The summed E-state index contributed by atoms with van der Waals surface area (Å²) in [7, 11) is 0. The predicted octanol–water partition coefficient (Wildman–Crippen LogP) is 1.03. The minimum absolute atomic E-state index is 0.165. The summed E-state index contributed by atoms with van der Waals surface area (Å²) >= 11 is 0. The van der Waals surface area contributed by atoms with Crippen molar-refractivity contribution in [1.29, 1.82) is 5.26 Å². The third kappa shape index (κ3) is 3.62. The topological polar surface area (TPSA) is 82.4 Å². The molecule has 1 atom stereocenters. The maximum atomic E-state index is 11.8. The monoisotopic (exact) mass is 253 g/mol. The Balaban J connectivity index is 2.68. The quantitative estimate of drug-likeness (QED) is 0.756. The Morgan fingerprint density at radius 2 is 2.06 bits per heavy atom. The van der Waals surface area contributed by atoms with Gasteiger partial charge in [0.2, 0.25) is 5.91 Å². The van der Waals surface area contributed by atoms with Crippen molar-refractivity contribution in [3.63, 3.8) is 0 Å². The number of nitriles is 1. The molecule has 0 spiro atoms. The summed E-state index contributed by atoms with van der Waals surface area (Å²) in [6.07, 6.45) is -0.0348. The molecule has 1 heterocycles. The van der Waals surface area contributed by atoms with Crippen molar-refractivity contribution in [2.24, 2.45) is 0 Å². The van der Waals surface area contributed by atoms with E-state index in [0.29, 0.717) is 13.0 Å². The van der Waals surface area contributed by atoms with E-state index in [-0.39, 0.29) is 12.5 Å². The third-order valence-corrected chi connectivity index (χ3v) is 2.55. The molecule has 6 heteroatoms. The van der Waals surface area contributed by atoms with Gasteiger partial charge in [-0.1, -0.05) is 0 Å². The highest BCUT2D eigenvalue weighted by molar-refractivity contribution is 5.75. The van der Waals surface area contributed by atoms with Crippen LogP contribution in [0.15, 0.2) is 0 Å². The summed E-state index contributed by atoms with van der Waals surface area (Å²) in [6.45, 7) is 7.28. The van der Waals surface area contributed by atoms with Crippen LogP contribution >= 0.6 is 0 Å². The Morgan fingerprint density at radius 1 is 1.44 bits per heavy atom. The van der Waals surface area contributed by atoms with E-state index < -0.39 is 17.2 Å². The van der Waals surface area contributed by atoms with Gasteiger partial charge in [0.25, 0.3) is 0 Å². The Morgan fingerprint density at radius 3 is 2.50 bits per heavy atom. The molecule has 18 heavy (non-hydrogen) atoms. The van der Waals surface area contributed by atoms with Crippen molar-refractivity contribution in [3.05, 3.63) is 0 Å². The van der Waals surface area contributed by atoms with E-state index in [4.69, 9.17) is 10.00 Å². The molecule has 1 unspecified atom stereocenters. The van der Waals surface area contributed by atoms with Gasteiger partial charge in [-0.3, -0.25) is 4.79 Å². The Kier molecular flexibility index (Phi) is 3.85. The lowest BCUT2D eigenvalue weighted by molar-refractivity contribution is -0.120. The second-order valence-corrected chi connectivity index (χ2v) is 5.53. The average Bonchev–Trinajstić information content (AvgIpc) is 2.59. The van der Waals surface area contributed by atoms with Crippen molar-refractivity contribution in [1.82, 2.24) is 10.2 Å². The van der Waals surface area contributed by atoms with Gasteiger partial charge in [-0.25, -0.2) is 4.79 Å². The number of carbonyl (C=O) groups excluding carboxylic acids is 2. The minimum Gasteiger partial charge on any atom is -0.444 e. The van der Waals surface area contributed by atoms with Crippen LogP contribution in [-0.2, 0) is 9.53 Å². The summed E-state index contributed by atoms with van der Waals surface area (Å²) in [5.74, 6) is -0.275. The zero-order valence-electron chi connectivity index (χ0n) is 11.2. The average molecular weight is 253 g/mol. The number of likely N-dealkylation sites (tertiary alicyclic amines) is 1. The van der Waals surface area contributed by atoms with Crippen molar-refractivity contribution in [2.75, 3.05) is 13.1 Å². The van der Waals surface area contributed by atoms with Crippen LogP contribution in [0, 0.1) is 11.3 Å². The van der Waals surface area contributed by atoms with Crippen LogP contribution in [0.5, 0.6) is 0 Å². The minimum atomic E-state index is -0.983. The summed E-state index contributed by atoms with van der Waals surface area (Å²) < 4.78 is 5.23. The molecule has 0 aliphatic carbocycles. The molecule has 1 aliphatic rings. The highest BCUT2D eigenvalue weighted by Gasteiger charge is 2.42.